The number of nitrogens with one attached hydrogen (secondary N) is 1. The van der Waals surface area contributed by atoms with Crippen LogP contribution in [0.3, 0.4) is 0 Å². The van der Waals surface area contributed by atoms with E-state index in [-0.39, 0.29) is 11.8 Å². The quantitative estimate of drug-likeness (QED) is 0.648. The smallest absolute Gasteiger partial charge is 0.290 e. The molecule has 2 rings (SSSR count). The van der Waals surface area contributed by atoms with Gasteiger partial charge in [-0.15, -0.1) is 0 Å². The molecule has 7 heteroatoms. The van der Waals surface area contributed by atoms with Crippen LogP contribution in [0.4, 0.5) is 11.5 Å². The molecule has 0 amide bonds. The molecule has 1 atom stereocenters. The number of hydrogen-bond donors (Lipinski definition) is 1. The molecule has 0 saturated carbocycles. The lowest BCUT2D eigenvalue weighted by atomic mass is 10.2. The van der Waals surface area contributed by atoms with Crippen LogP contribution in [-0.4, -0.2) is 54.2 Å². The molecule has 1 unspecified atom stereocenters. The largest absolute Gasteiger partial charge is 0.374 e. The molecule has 0 aromatic carbocycles. The summed E-state index contributed by atoms with van der Waals surface area (Å²) in [5.74, 6) is 0.639. The lowest BCUT2D eigenvalue weighted by molar-refractivity contribution is -0.385. The monoisotopic (exact) mass is 266 g/mol. The number of aryl methyl sites for hydroxylation is 1. The number of pyridine rings is 1. The van der Waals surface area contributed by atoms with Crippen molar-refractivity contribution in [2.24, 2.45) is 0 Å². The van der Waals surface area contributed by atoms with E-state index < -0.39 is 4.92 Å². The average molecular weight is 266 g/mol. The summed E-state index contributed by atoms with van der Waals surface area (Å²) in [6, 6.07) is 1.69. The number of morpholine rings is 1. The van der Waals surface area contributed by atoms with E-state index in [0.29, 0.717) is 17.9 Å². The van der Waals surface area contributed by atoms with Gasteiger partial charge in [-0.2, -0.15) is 0 Å². The second-order valence-corrected chi connectivity index (χ2v) is 4.75. The highest BCUT2D eigenvalue weighted by atomic mass is 16.6. The molecule has 1 fully saturated rings. The van der Waals surface area contributed by atoms with Crippen LogP contribution < -0.4 is 5.32 Å². The average Bonchev–Trinajstić information content (AvgIpc) is 2.36. The van der Waals surface area contributed by atoms with Crippen molar-refractivity contribution in [3.63, 3.8) is 0 Å². The Hall–Kier alpha value is -1.73. The van der Waals surface area contributed by atoms with Crippen molar-refractivity contribution in [2.75, 3.05) is 38.6 Å². The van der Waals surface area contributed by atoms with Crippen LogP contribution in [0.1, 0.15) is 5.56 Å². The fourth-order valence-electron chi connectivity index (χ4n) is 2.05. The van der Waals surface area contributed by atoms with E-state index in [1.165, 1.54) is 6.20 Å². The van der Waals surface area contributed by atoms with Gasteiger partial charge >= 0.3 is 0 Å². The molecule has 0 spiro atoms. The van der Waals surface area contributed by atoms with Gasteiger partial charge < -0.3 is 15.0 Å². The number of nitrogens with zero attached hydrogens (tertiary/aromatic N) is 3. The summed E-state index contributed by atoms with van der Waals surface area (Å²) in [5.41, 5.74) is 0.642. The van der Waals surface area contributed by atoms with E-state index in [0.717, 1.165) is 19.7 Å². The third-order valence-electron chi connectivity index (χ3n) is 3.13. The summed E-state index contributed by atoms with van der Waals surface area (Å²) >= 11 is 0. The minimum Gasteiger partial charge on any atom is -0.374 e. The Labute approximate surface area is 111 Å². The molecule has 1 saturated heterocycles. The molecule has 19 heavy (non-hydrogen) atoms. The normalized spacial score (nSPS) is 20.2. The van der Waals surface area contributed by atoms with E-state index in [4.69, 9.17) is 4.74 Å². The zero-order valence-corrected chi connectivity index (χ0v) is 11.1. The third kappa shape index (κ3) is 3.62. The van der Waals surface area contributed by atoms with Gasteiger partial charge in [0.1, 0.15) is 12.0 Å². The van der Waals surface area contributed by atoms with E-state index in [9.17, 15) is 10.1 Å². The van der Waals surface area contributed by atoms with Gasteiger partial charge in [0.05, 0.1) is 17.6 Å². The van der Waals surface area contributed by atoms with E-state index in [1.807, 2.05) is 0 Å². The topological polar surface area (TPSA) is 80.5 Å². The summed E-state index contributed by atoms with van der Waals surface area (Å²) in [7, 11) is 2.06. The number of hydrogen-bond acceptors (Lipinski definition) is 6. The Balaban J connectivity index is 1.92. The van der Waals surface area contributed by atoms with Crippen molar-refractivity contribution in [3.8, 4) is 0 Å². The van der Waals surface area contributed by atoms with Crippen molar-refractivity contribution in [3.05, 3.63) is 27.9 Å². The molecular weight excluding hydrogens is 248 g/mol. The van der Waals surface area contributed by atoms with Crippen LogP contribution in [0, 0.1) is 17.0 Å². The van der Waals surface area contributed by atoms with Gasteiger partial charge in [-0.25, -0.2) is 4.98 Å². The molecule has 1 aliphatic heterocycles. The number of aromatic nitrogens is 1. The van der Waals surface area contributed by atoms with Gasteiger partial charge in [-0.05, 0) is 20.0 Å². The van der Waals surface area contributed by atoms with Crippen molar-refractivity contribution in [1.29, 1.82) is 0 Å². The molecule has 1 aromatic heterocycles. The molecule has 1 N–H and O–H groups in total. The fourth-order valence-corrected chi connectivity index (χ4v) is 2.05. The van der Waals surface area contributed by atoms with Crippen molar-refractivity contribution < 1.29 is 9.66 Å². The number of ether oxygens (including phenoxy) is 1. The fraction of sp³-hybridized carbons (Fsp3) is 0.583. The SMILES string of the molecule is Cc1cc(NCC2CN(C)CCO2)ncc1[N+](=O)[O-]. The Morgan fingerprint density at radius 2 is 2.47 bits per heavy atom. The zero-order valence-electron chi connectivity index (χ0n) is 11.1. The maximum atomic E-state index is 10.7. The summed E-state index contributed by atoms with van der Waals surface area (Å²) in [4.78, 5) is 16.5. The lowest BCUT2D eigenvalue weighted by Gasteiger charge is -2.30. The minimum atomic E-state index is -0.425. The predicted octanol–water partition coefficient (Wildman–Crippen LogP) is 1.04. The standard InChI is InChI=1S/C12H18N4O3/c1-9-5-12(14-7-11(9)16(17)18)13-6-10-8-15(2)3-4-19-10/h5,7,10H,3-4,6,8H2,1-2H3,(H,13,14). The maximum Gasteiger partial charge on any atom is 0.290 e. The first-order valence-corrected chi connectivity index (χ1v) is 6.21. The number of rotatable bonds is 4. The van der Waals surface area contributed by atoms with Crippen LogP contribution in [-0.2, 0) is 4.74 Å². The number of nitro groups is 1. The molecule has 104 valence electrons. The summed E-state index contributed by atoms with van der Waals surface area (Å²) in [6.07, 6.45) is 1.40. The predicted molar refractivity (Wildman–Crippen MR) is 71.4 cm³/mol. The van der Waals surface area contributed by atoms with E-state index in [1.54, 1.807) is 13.0 Å². The first-order valence-electron chi connectivity index (χ1n) is 6.21. The second-order valence-electron chi connectivity index (χ2n) is 4.75. The third-order valence-corrected chi connectivity index (χ3v) is 3.13. The zero-order chi connectivity index (χ0) is 13.8. The summed E-state index contributed by atoms with van der Waals surface area (Å²) in [5, 5.41) is 13.9. The minimum absolute atomic E-state index is 0.0409. The Kier molecular flexibility index (Phi) is 4.28. The highest BCUT2D eigenvalue weighted by molar-refractivity contribution is 5.46. The Bertz CT molecular complexity index is 466. The van der Waals surface area contributed by atoms with Crippen molar-refractivity contribution >= 4 is 11.5 Å². The molecule has 2 heterocycles. The molecule has 7 nitrogen and oxygen atoms in total. The first kappa shape index (κ1) is 13.7. The second kappa shape index (κ2) is 5.94. The Morgan fingerprint density at radius 3 is 3.11 bits per heavy atom. The highest BCUT2D eigenvalue weighted by Crippen LogP contribution is 2.18. The van der Waals surface area contributed by atoms with E-state index in [2.05, 4.69) is 22.2 Å². The first-order chi connectivity index (χ1) is 9.06. The molecular formula is C12H18N4O3. The summed E-state index contributed by atoms with van der Waals surface area (Å²) in [6.45, 7) is 4.91. The molecule has 1 aliphatic rings. The van der Waals surface area contributed by atoms with Gasteiger partial charge in [0.25, 0.3) is 5.69 Å². The molecule has 0 bridgehead atoms. The highest BCUT2D eigenvalue weighted by Gasteiger charge is 2.18. The Morgan fingerprint density at radius 1 is 1.68 bits per heavy atom. The molecule has 0 aliphatic carbocycles. The van der Waals surface area contributed by atoms with Crippen molar-refractivity contribution in [2.45, 2.75) is 13.0 Å². The molecule has 0 radical (unpaired) electrons. The van der Waals surface area contributed by atoms with Gasteiger partial charge in [0, 0.05) is 25.2 Å². The summed E-state index contributed by atoms with van der Waals surface area (Å²) < 4.78 is 5.62. The van der Waals surface area contributed by atoms with Gasteiger partial charge in [0.15, 0.2) is 0 Å². The van der Waals surface area contributed by atoms with Crippen LogP contribution in [0.15, 0.2) is 12.3 Å². The maximum absolute atomic E-state index is 10.7. The van der Waals surface area contributed by atoms with Crippen LogP contribution in [0.2, 0.25) is 0 Å². The molecule has 1 aromatic rings. The van der Waals surface area contributed by atoms with Gasteiger partial charge in [0.2, 0.25) is 0 Å². The van der Waals surface area contributed by atoms with E-state index >= 15 is 0 Å². The van der Waals surface area contributed by atoms with Gasteiger partial charge in [-0.3, -0.25) is 10.1 Å². The van der Waals surface area contributed by atoms with Crippen LogP contribution in [0.25, 0.3) is 0 Å². The number of likely N-dealkylation sites (N-methyl/N-ethyl adjacent to an activating group) is 1. The van der Waals surface area contributed by atoms with Gasteiger partial charge in [-0.1, -0.05) is 0 Å². The number of anilines is 1. The van der Waals surface area contributed by atoms with Crippen LogP contribution >= 0.6 is 0 Å². The van der Waals surface area contributed by atoms with Crippen LogP contribution in [0.5, 0.6) is 0 Å². The van der Waals surface area contributed by atoms with Crippen molar-refractivity contribution in [1.82, 2.24) is 9.88 Å². The lowest BCUT2D eigenvalue weighted by Crippen LogP contribution is -2.43.